The highest BCUT2D eigenvalue weighted by atomic mass is 35.5. The first-order valence-corrected chi connectivity index (χ1v) is 12.3. The van der Waals surface area contributed by atoms with Crippen molar-refractivity contribution in [3.63, 3.8) is 0 Å². The SMILES string of the molecule is Cc1nn(Cc2ccccc2)c(C)c1CNC(=O)COC(=O)c1ccc(Cl)c(S(C)(=O)=O)c1. The van der Waals surface area contributed by atoms with E-state index in [4.69, 9.17) is 16.3 Å². The van der Waals surface area contributed by atoms with Crippen molar-refractivity contribution in [3.8, 4) is 0 Å². The van der Waals surface area contributed by atoms with E-state index in [1.54, 1.807) is 0 Å². The van der Waals surface area contributed by atoms with Gasteiger partial charge in [-0.05, 0) is 37.6 Å². The smallest absolute Gasteiger partial charge is 0.338 e. The van der Waals surface area contributed by atoms with E-state index in [1.165, 1.54) is 12.1 Å². The lowest BCUT2D eigenvalue weighted by Gasteiger charge is -2.09. The van der Waals surface area contributed by atoms with E-state index >= 15 is 0 Å². The summed E-state index contributed by atoms with van der Waals surface area (Å²) in [7, 11) is -3.61. The summed E-state index contributed by atoms with van der Waals surface area (Å²) in [5, 5.41) is 7.28. The van der Waals surface area contributed by atoms with Gasteiger partial charge in [-0.1, -0.05) is 41.9 Å². The van der Waals surface area contributed by atoms with Crippen LogP contribution in [0.4, 0.5) is 0 Å². The molecule has 0 saturated carbocycles. The molecule has 0 unspecified atom stereocenters. The van der Waals surface area contributed by atoms with Gasteiger partial charge in [0.2, 0.25) is 0 Å². The monoisotopic (exact) mass is 489 g/mol. The van der Waals surface area contributed by atoms with E-state index in [0.717, 1.165) is 34.8 Å². The van der Waals surface area contributed by atoms with Gasteiger partial charge in [-0.15, -0.1) is 0 Å². The molecule has 174 valence electrons. The van der Waals surface area contributed by atoms with Crippen LogP contribution in [0.5, 0.6) is 0 Å². The van der Waals surface area contributed by atoms with E-state index in [1.807, 2.05) is 48.9 Å². The minimum atomic E-state index is -3.61. The summed E-state index contributed by atoms with van der Waals surface area (Å²) in [4.78, 5) is 24.3. The fourth-order valence-corrected chi connectivity index (χ4v) is 4.57. The van der Waals surface area contributed by atoms with Crippen LogP contribution in [0.2, 0.25) is 5.02 Å². The zero-order valence-corrected chi connectivity index (χ0v) is 20.0. The number of aromatic nitrogens is 2. The normalized spacial score (nSPS) is 11.3. The molecule has 33 heavy (non-hydrogen) atoms. The average molecular weight is 490 g/mol. The molecule has 3 rings (SSSR count). The lowest BCUT2D eigenvalue weighted by Crippen LogP contribution is -2.28. The molecular weight excluding hydrogens is 466 g/mol. The minimum Gasteiger partial charge on any atom is -0.452 e. The predicted octanol–water partition coefficient (Wildman–Crippen LogP) is 3.08. The van der Waals surface area contributed by atoms with Crippen LogP contribution >= 0.6 is 11.6 Å². The first-order chi connectivity index (χ1) is 15.6. The molecule has 1 amide bonds. The lowest BCUT2D eigenvalue weighted by atomic mass is 10.2. The molecule has 10 heteroatoms. The Labute approximate surface area is 197 Å². The predicted molar refractivity (Wildman–Crippen MR) is 124 cm³/mol. The summed E-state index contributed by atoms with van der Waals surface area (Å²) in [5.74, 6) is -1.31. The number of aryl methyl sites for hydroxylation is 1. The van der Waals surface area contributed by atoms with Gasteiger partial charge in [0.25, 0.3) is 5.91 Å². The van der Waals surface area contributed by atoms with Crippen LogP contribution in [0.25, 0.3) is 0 Å². The molecule has 0 radical (unpaired) electrons. The first-order valence-electron chi connectivity index (χ1n) is 10.1. The van der Waals surface area contributed by atoms with Gasteiger partial charge in [-0.2, -0.15) is 5.10 Å². The molecule has 0 spiro atoms. The van der Waals surface area contributed by atoms with Crippen molar-refractivity contribution in [1.29, 1.82) is 0 Å². The fourth-order valence-electron chi connectivity index (χ4n) is 3.27. The molecule has 0 fully saturated rings. The summed E-state index contributed by atoms with van der Waals surface area (Å²) < 4.78 is 30.4. The Bertz CT molecular complexity index is 1290. The number of ether oxygens (including phenoxy) is 1. The molecule has 1 heterocycles. The third kappa shape index (κ3) is 6.21. The van der Waals surface area contributed by atoms with Crippen molar-refractivity contribution in [2.45, 2.75) is 31.8 Å². The number of amides is 1. The number of rotatable bonds is 8. The maximum Gasteiger partial charge on any atom is 0.338 e. The summed E-state index contributed by atoms with van der Waals surface area (Å²) in [6.07, 6.45) is 0.989. The van der Waals surface area contributed by atoms with Crippen molar-refractivity contribution >= 4 is 33.3 Å². The Balaban J connectivity index is 1.57. The maximum atomic E-state index is 12.2. The molecule has 0 aliphatic heterocycles. The number of esters is 1. The molecule has 0 saturated heterocycles. The number of halogens is 1. The molecule has 0 atom stereocenters. The molecule has 1 N–H and O–H groups in total. The second-order valence-electron chi connectivity index (χ2n) is 7.56. The molecule has 0 aliphatic rings. The Morgan fingerprint density at radius 2 is 1.82 bits per heavy atom. The first kappa shape index (κ1) is 24.5. The number of nitrogens with zero attached hydrogens (tertiary/aromatic N) is 2. The number of carbonyl (C=O) groups excluding carboxylic acids is 2. The summed E-state index contributed by atoms with van der Waals surface area (Å²) in [6, 6.07) is 13.7. The van der Waals surface area contributed by atoms with Crippen LogP contribution in [-0.4, -0.2) is 42.9 Å². The van der Waals surface area contributed by atoms with Crippen molar-refractivity contribution in [2.75, 3.05) is 12.9 Å². The number of nitrogens with one attached hydrogen (secondary N) is 1. The molecule has 0 bridgehead atoms. The third-order valence-corrected chi connectivity index (χ3v) is 6.65. The van der Waals surface area contributed by atoms with Gasteiger partial charge >= 0.3 is 5.97 Å². The highest BCUT2D eigenvalue weighted by molar-refractivity contribution is 7.90. The van der Waals surface area contributed by atoms with Gasteiger partial charge in [-0.3, -0.25) is 9.48 Å². The number of hydrogen-bond donors (Lipinski definition) is 1. The molecule has 1 aromatic heterocycles. The van der Waals surface area contributed by atoms with Crippen LogP contribution in [0.3, 0.4) is 0 Å². The van der Waals surface area contributed by atoms with Crippen LogP contribution in [-0.2, 0) is 32.5 Å². The molecular formula is C23H24ClN3O5S. The number of sulfone groups is 1. The molecule has 2 aromatic carbocycles. The molecule has 3 aromatic rings. The van der Waals surface area contributed by atoms with E-state index in [2.05, 4.69) is 10.4 Å². The standard InChI is InChI=1S/C23H24ClN3O5S/c1-15-19(16(2)27(26-15)13-17-7-5-4-6-8-17)12-25-22(28)14-32-23(29)18-9-10-20(24)21(11-18)33(3,30)31/h4-11H,12-14H2,1-3H3,(H,25,28). The van der Waals surface area contributed by atoms with Crippen molar-refractivity contribution in [3.05, 3.63) is 81.6 Å². The van der Waals surface area contributed by atoms with Gasteiger partial charge < -0.3 is 10.1 Å². The van der Waals surface area contributed by atoms with E-state index in [0.29, 0.717) is 6.54 Å². The van der Waals surface area contributed by atoms with Crippen LogP contribution in [0.15, 0.2) is 53.4 Å². The third-order valence-electron chi connectivity index (χ3n) is 5.07. The maximum absolute atomic E-state index is 12.2. The van der Waals surface area contributed by atoms with E-state index in [-0.39, 0.29) is 22.0 Å². The van der Waals surface area contributed by atoms with Gasteiger partial charge in [-0.25, -0.2) is 13.2 Å². The number of benzene rings is 2. The average Bonchev–Trinajstić information content (AvgIpc) is 3.03. The topological polar surface area (TPSA) is 107 Å². The van der Waals surface area contributed by atoms with Crippen LogP contribution in [0.1, 0.15) is 32.9 Å². The van der Waals surface area contributed by atoms with Gasteiger partial charge in [0, 0.05) is 24.1 Å². The second kappa shape index (κ2) is 10.2. The van der Waals surface area contributed by atoms with Crippen LogP contribution < -0.4 is 5.32 Å². The molecule has 0 aliphatic carbocycles. The lowest BCUT2D eigenvalue weighted by molar-refractivity contribution is -0.124. The van der Waals surface area contributed by atoms with Crippen molar-refractivity contribution in [1.82, 2.24) is 15.1 Å². The van der Waals surface area contributed by atoms with Crippen molar-refractivity contribution < 1.29 is 22.7 Å². The van der Waals surface area contributed by atoms with Crippen LogP contribution in [0, 0.1) is 13.8 Å². The summed E-state index contributed by atoms with van der Waals surface area (Å²) in [5.41, 5.74) is 3.73. The Hall–Kier alpha value is -3.17. The molecule has 8 nitrogen and oxygen atoms in total. The second-order valence-corrected chi connectivity index (χ2v) is 9.95. The fraction of sp³-hybridized carbons (Fsp3) is 0.261. The zero-order chi connectivity index (χ0) is 24.2. The zero-order valence-electron chi connectivity index (χ0n) is 18.5. The summed E-state index contributed by atoms with van der Waals surface area (Å²) in [6.45, 7) is 4.16. The number of carbonyl (C=O) groups is 2. The van der Waals surface area contributed by atoms with E-state index in [9.17, 15) is 18.0 Å². The highest BCUT2D eigenvalue weighted by Gasteiger charge is 2.18. The van der Waals surface area contributed by atoms with Crippen molar-refractivity contribution in [2.24, 2.45) is 0 Å². The Morgan fingerprint density at radius 3 is 2.48 bits per heavy atom. The van der Waals surface area contributed by atoms with Gasteiger partial charge in [0.15, 0.2) is 16.4 Å². The quantitative estimate of drug-likeness (QED) is 0.487. The largest absolute Gasteiger partial charge is 0.452 e. The summed E-state index contributed by atoms with van der Waals surface area (Å²) >= 11 is 5.88. The van der Waals surface area contributed by atoms with E-state index < -0.39 is 28.3 Å². The number of hydrogen-bond acceptors (Lipinski definition) is 6. The highest BCUT2D eigenvalue weighted by Crippen LogP contribution is 2.23. The Morgan fingerprint density at radius 1 is 1.12 bits per heavy atom. The van der Waals surface area contributed by atoms with Gasteiger partial charge in [0.05, 0.1) is 27.7 Å². The minimum absolute atomic E-state index is 0.00495. The Kier molecular flexibility index (Phi) is 7.55. The van der Waals surface area contributed by atoms with Gasteiger partial charge in [0.1, 0.15) is 0 Å².